The van der Waals surface area contributed by atoms with Crippen LogP contribution in [0.3, 0.4) is 0 Å². The fourth-order valence-electron chi connectivity index (χ4n) is 16.0. The SMILES string of the molecule is CC1(C)c2cc(/C=C/c3ccc4c(c3)C(C)(C)c3cc(N(c5ccccc5-c5ccccc5)c5cccc6ccccc56)ccc3-4)ccc2-c2ccc(/C=C/c3ccc4c(c3)C(C)(C)c3cc(N(c5ccccc5-c5ccccc5)c5cccc6ccccc56)ccc3-4)cc21. The van der Waals surface area contributed by atoms with E-state index in [2.05, 4.69) is 379 Å². The van der Waals surface area contributed by atoms with Gasteiger partial charge >= 0.3 is 0 Å². The maximum absolute atomic E-state index is 2.48. The minimum Gasteiger partial charge on any atom is -0.309 e. The monoisotopic (exact) mass is 1220 g/mol. The summed E-state index contributed by atoms with van der Waals surface area (Å²) in [7, 11) is 0. The Bertz CT molecular complexity index is 5120. The quantitative estimate of drug-likeness (QED) is 0.113. The largest absolute Gasteiger partial charge is 0.309 e. The second kappa shape index (κ2) is 22.5. The molecule has 0 saturated heterocycles. The number of fused-ring (bicyclic) bond motifs is 11. The molecule has 454 valence electrons. The molecule has 2 heteroatoms. The van der Waals surface area contributed by atoms with Crippen LogP contribution >= 0.6 is 0 Å². The molecule has 17 rings (SSSR count). The molecule has 0 heterocycles. The van der Waals surface area contributed by atoms with Gasteiger partial charge in [-0.05, 0) is 159 Å². The van der Waals surface area contributed by atoms with Crippen molar-refractivity contribution in [2.45, 2.75) is 57.8 Å². The van der Waals surface area contributed by atoms with Crippen molar-refractivity contribution in [2.75, 3.05) is 9.80 Å². The lowest BCUT2D eigenvalue weighted by Crippen LogP contribution is -2.17. The number of rotatable bonds is 12. The lowest BCUT2D eigenvalue weighted by atomic mass is 9.81. The zero-order valence-electron chi connectivity index (χ0n) is 54.6. The van der Waals surface area contributed by atoms with Crippen molar-refractivity contribution in [1.82, 2.24) is 0 Å². The summed E-state index contributed by atoms with van der Waals surface area (Å²) in [6.45, 7) is 14.4. The molecule has 2 nitrogen and oxygen atoms in total. The van der Waals surface area contributed by atoms with Crippen molar-refractivity contribution >= 4 is 80.0 Å². The van der Waals surface area contributed by atoms with Crippen LogP contribution in [0.1, 0.15) is 97.2 Å². The summed E-state index contributed by atoms with van der Waals surface area (Å²) in [6.07, 6.45) is 9.21. The maximum Gasteiger partial charge on any atom is 0.0540 e. The first-order valence-electron chi connectivity index (χ1n) is 33.5. The van der Waals surface area contributed by atoms with Gasteiger partial charge in [-0.1, -0.05) is 321 Å². The van der Waals surface area contributed by atoms with Crippen LogP contribution in [0, 0.1) is 0 Å². The van der Waals surface area contributed by atoms with E-state index in [9.17, 15) is 0 Å². The van der Waals surface area contributed by atoms with Crippen molar-refractivity contribution < 1.29 is 0 Å². The summed E-state index contributed by atoms with van der Waals surface area (Å²) in [5.74, 6) is 0. The van der Waals surface area contributed by atoms with E-state index in [1.807, 2.05) is 0 Å². The molecule has 0 spiro atoms. The highest BCUT2D eigenvalue weighted by atomic mass is 15.2. The summed E-state index contributed by atoms with van der Waals surface area (Å²) in [6, 6.07) is 113. The average Bonchev–Trinajstić information content (AvgIpc) is 1.62. The van der Waals surface area contributed by atoms with Crippen molar-refractivity contribution in [3.63, 3.8) is 0 Å². The highest BCUT2D eigenvalue weighted by Gasteiger charge is 2.39. The van der Waals surface area contributed by atoms with E-state index in [0.29, 0.717) is 0 Å². The summed E-state index contributed by atoms with van der Waals surface area (Å²) < 4.78 is 0. The van der Waals surface area contributed by atoms with E-state index in [4.69, 9.17) is 0 Å². The lowest BCUT2D eigenvalue weighted by molar-refractivity contribution is 0.660. The Morgan fingerprint density at radius 3 is 0.853 bits per heavy atom. The van der Waals surface area contributed by atoms with Gasteiger partial charge in [0.25, 0.3) is 0 Å². The van der Waals surface area contributed by atoms with Crippen LogP contribution in [0.25, 0.3) is 101 Å². The molecule has 0 aliphatic heterocycles. The van der Waals surface area contributed by atoms with E-state index in [-0.39, 0.29) is 16.2 Å². The minimum absolute atomic E-state index is 0.178. The zero-order valence-corrected chi connectivity index (χ0v) is 54.6. The molecule has 3 aliphatic rings. The van der Waals surface area contributed by atoms with Crippen LogP contribution < -0.4 is 9.80 Å². The molecule has 0 N–H and O–H groups in total. The van der Waals surface area contributed by atoms with E-state index < -0.39 is 0 Å². The van der Waals surface area contributed by atoms with Crippen LogP contribution in [0.15, 0.2) is 303 Å². The minimum atomic E-state index is -0.234. The Kier molecular flexibility index (Phi) is 13.6. The molecule has 0 unspecified atom stereocenters. The predicted molar refractivity (Wildman–Crippen MR) is 405 cm³/mol. The van der Waals surface area contributed by atoms with E-state index in [1.54, 1.807) is 0 Å². The standard InChI is InChI=1S/C93H72N2/c1-91(2)81-55-61(39-41-63-45-51-77-79-53-47-69(59-85(79)92(3,4)83(77)57-63)94(89-37-21-29-67-27-13-15-31-73(67)89)87-35-19-17-33-71(87)65-23-9-7-10-24-65)43-49-75(81)76-50-44-62(56-82(76)91)40-42-64-46-52-78-80-54-48-70(60-86(80)93(5,6)84(78)58-64)95(90-38-22-30-68-28-14-16-32-74(68)90)88-36-20-18-34-72(88)66-25-11-8-12-26-66/h7-60H,1-6H3/b41-39+,42-40+. The van der Waals surface area contributed by atoms with E-state index >= 15 is 0 Å². The van der Waals surface area contributed by atoms with Crippen molar-refractivity contribution in [3.8, 4) is 55.6 Å². The van der Waals surface area contributed by atoms with Gasteiger partial charge in [-0.15, -0.1) is 0 Å². The Morgan fingerprint density at radius 1 is 0.221 bits per heavy atom. The normalized spacial score (nSPS) is 14.2. The van der Waals surface area contributed by atoms with Crippen molar-refractivity contribution in [1.29, 1.82) is 0 Å². The van der Waals surface area contributed by atoms with Gasteiger partial charge in [0.1, 0.15) is 0 Å². The third kappa shape index (κ3) is 9.61. The summed E-state index contributed by atoms with van der Waals surface area (Å²) in [5, 5.41) is 4.87. The fourth-order valence-corrected chi connectivity index (χ4v) is 16.0. The first-order valence-corrected chi connectivity index (χ1v) is 33.5. The molecule has 0 atom stereocenters. The van der Waals surface area contributed by atoms with Crippen LogP contribution in [0.2, 0.25) is 0 Å². The highest BCUT2D eigenvalue weighted by Crippen LogP contribution is 2.55. The van der Waals surface area contributed by atoms with Gasteiger partial charge in [-0.3, -0.25) is 0 Å². The van der Waals surface area contributed by atoms with Gasteiger partial charge in [-0.25, -0.2) is 0 Å². The van der Waals surface area contributed by atoms with Gasteiger partial charge in [0.15, 0.2) is 0 Å². The number of benzene rings is 14. The predicted octanol–water partition coefficient (Wildman–Crippen LogP) is 25.5. The molecule has 0 aromatic heterocycles. The first-order chi connectivity index (χ1) is 46.4. The third-order valence-corrected chi connectivity index (χ3v) is 21.0. The maximum atomic E-state index is 2.48. The van der Waals surface area contributed by atoms with Crippen LogP contribution in [0.4, 0.5) is 34.1 Å². The first kappa shape index (κ1) is 57.6. The molecular weight excluding hydrogens is 1150 g/mol. The van der Waals surface area contributed by atoms with Gasteiger partial charge < -0.3 is 9.80 Å². The summed E-state index contributed by atoms with van der Waals surface area (Å²) in [5.41, 5.74) is 31.8. The van der Waals surface area contributed by atoms with Gasteiger partial charge in [0.05, 0.1) is 22.7 Å². The smallest absolute Gasteiger partial charge is 0.0540 e. The van der Waals surface area contributed by atoms with Crippen molar-refractivity contribution in [3.05, 3.63) is 359 Å². The number of hydrogen-bond acceptors (Lipinski definition) is 2. The molecule has 0 radical (unpaired) electrons. The molecule has 0 fully saturated rings. The number of anilines is 6. The second-order valence-electron chi connectivity index (χ2n) is 27.7. The molecule has 0 amide bonds. The zero-order chi connectivity index (χ0) is 64.2. The van der Waals surface area contributed by atoms with Gasteiger partial charge in [0, 0.05) is 49.5 Å². The van der Waals surface area contributed by atoms with Crippen LogP contribution in [-0.4, -0.2) is 0 Å². The Hall–Kier alpha value is -11.3. The van der Waals surface area contributed by atoms with Crippen molar-refractivity contribution in [2.24, 2.45) is 0 Å². The molecule has 14 aromatic carbocycles. The average molecular weight is 1220 g/mol. The second-order valence-corrected chi connectivity index (χ2v) is 27.7. The number of hydrogen-bond donors (Lipinski definition) is 0. The van der Waals surface area contributed by atoms with Gasteiger partial charge in [-0.2, -0.15) is 0 Å². The molecule has 0 bridgehead atoms. The number of nitrogens with zero attached hydrogens (tertiary/aromatic N) is 2. The molecule has 14 aromatic rings. The summed E-state index contributed by atoms with van der Waals surface area (Å²) in [4.78, 5) is 4.95. The van der Waals surface area contributed by atoms with Gasteiger partial charge in [0.2, 0.25) is 0 Å². The molecule has 95 heavy (non-hydrogen) atoms. The third-order valence-electron chi connectivity index (χ3n) is 21.0. The van der Waals surface area contributed by atoms with E-state index in [1.165, 1.54) is 133 Å². The Balaban J connectivity index is 0.628. The molecule has 0 saturated carbocycles. The Morgan fingerprint density at radius 2 is 0.495 bits per heavy atom. The molecule has 3 aliphatic carbocycles. The van der Waals surface area contributed by atoms with Crippen LogP contribution in [0.5, 0.6) is 0 Å². The van der Waals surface area contributed by atoms with E-state index in [0.717, 1.165) is 34.1 Å². The fraction of sp³-hybridized carbons (Fsp3) is 0.0968. The summed E-state index contributed by atoms with van der Waals surface area (Å²) >= 11 is 0. The highest BCUT2D eigenvalue weighted by molar-refractivity contribution is 6.04. The number of para-hydroxylation sites is 2. The topological polar surface area (TPSA) is 6.48 Å². The lowest BCUT2D eigenvalue weighted by Gasteiger charge is -2.30. The Labute approximate surface area is 558 Å². The van der Waals surface area contributed by atoms with Crippen LogP contribution in [-0.2, 0) is 16.2 Å². The molecular formula is C93H72N2.